The van der Waals surface area contributed by atoms with E-state index in [0.717, 1.165) is 67.7 Å². The van der Waals surface area contributed by atoms with Crippen LogP contribution in [0.15, 0.2) is 30.3 Å². The van der Waals surface area contributed by atoms with Gasteiger partial charge in [0.2, 0.25) is 0 Å². The predicted octanol–water partition coefficient (Wildman–Crippen LogP) is 2.62. The van der Waals surface area contributed by atoms with Crippen LogP contribution in [0.4, 0.5) is 11.5 Å². The number of aryl methyl sites for hydroxylation is 1. The molecule has 0 bridgehead atoms. The lowest BCUT2D eigenvalue weighted by atomic mass is 10.1. The van der Waals surface area contributed by atoms with Gasteiger partial charge in [0, 0.05) is 37.4 Å². The molecule has 0 aliphatic carbocycles. The van der Waals surface area contributed by atoms with Gasteiger partial charge in [0.1, 0.15) is 0 Å². The Morgan fingerprint density at radius 3 is 2.44 bits per heavy atom. The number of rotatable bonds is 5. The molecule has 1 aromatic heterocycles. The van der Waals surface area contributed by atoms with Gasteiger partial charge in [-0.25, -0.2) is 0 Å². The SMILES string of the molecule is Cc1cc(-c2ccc(N)cc2)nnc1NCCN1CCOCC1.Cl.Cl. The first-order chi connectivity index (χ1) is 11.2. The van der Waals surface area contributed by atoms with E-state index in [1.54, 1.807) is 0 Å². The molecule has 0 radical (unpaired) electrons. The normalized spacial score (nSPS) is 14.3. The summed E-state index contributed by atoms with van der Waals surface area (Å²) in [4.78, 5) is 2.39. The maximum Gasteiger partial charge on any atom is 0.151 e. The van der Waals surface area contributed by atoms with E-state index in [2.05, 4.69) is 26.5 Å². The Hall–Kier alpha value is -1.60. The predicted molar refractivity (Wildman–Crippen MR) is 107 cm³/mol. The first-order valence-corrected chi connectivity index (χ1v) is 7.96. The first-order valence-electron chi connectivity index (χ1n) is 7.96. The molecule has 2 aromatic rings. The number of hydrogen-bond donors (Lipinski definition) is 2. The molecule has 0 unspecified atom stereocenters. The van der Waals surface area contributed by atoms with Crippen molar-refractivity contribution >= 4 is 36.3 Å². The average Bonchev–Trinajstić information content (AvgIpc) is 2.58. The molecule has 0 amide bonds. The molecule has 2 heterocycles. The highest BCUT2D eigenvalue weighted by Crippen LogP contribution is 2.21. The monoisotopic (exact) mass is 385 g/mol. The van der Waals surface area contributed by atoms with Crippen molar-refractivity contribution in [3.8, 4) is 11.3 Å². The summed E-state index contributed by atoms with van der Waals surface area (Å²) in [5, 5.41) is 12.0. The van der Waals surface area contributed by atoms with Crippen molar-refractivity contribution in [1.82, 2.24) is 15.1 Å². The highest BCUT2D eigenvalue weighted by atomic mass is 35.5. The molecule has 0 spiro atoms. The second-order valence-corrected chi connectivity index (χ2v) is 5.76. The van der Waals surface area contributed by atoms with Crippen molar-refractivity contribution in [2.24, 2.45) is 0 Å². The van der Waals surface area contributed by atoms with Gasteiger partial charge >= 0.3 is 0 Å². The molecule has 138 valence electrons. The topological polar surface area (TPSA) is 76.3 Å². The highest BCUT2D eigenvalue weighted by molar-refractivity contribution is 5.85. The molecular weight excluding hydrogens is 361 g/mol. The number of nitrogens with one attached hydrogen (secondary N) is 1. The summed E-state index contributed by atoms with van der Waals surface area (Å²) in [6.45, 7) is 7.56. The van der Waals surface area contributed by atoms with Gasteiger partial charge in [-0.2, -0.15) is 0 Å². The molecule has 8 heteroatoms. The molecule has 6 nitrogen and oxygen atoms in total. The van der Waals surface area contributed by atoms with E-state index >= 15 is 0 Å². The van der Waals surface area contributed by atoms with Crippen LogP contribution in [0.25, 0.3) is 11.3 Å². The van der Waals surface area contributed by atoms with Crippen molar-refractivity contribution < 1.29 is 4.74 Å². The summed E-state index contributed by atoms with van der Waals surface area (Å²) in [6.07, 6.45) is 0. The van der Waals surface area contributed by atoms with Crippen LogP contribution >= 0.6 is 24.8 Å². The number of benzene rings is 1. The van der Waals surface area contributed by atoms with Gasteiger partial charge in [-0.3, -0.25) is 4.90 Å². The molecule has 1 fully saturated rings. The van der Waals surface area contributed by atoms with Gasteiger partial charge in [-0.05, 0) is 30.7 Å². The number of nitrogens with two attached hydrogens (primary N) is 1. The van der Waals surface area contributed by atoms with Crippen LogP contribution in [0.1, 0.15) is 5.56 Å². The smallest absolute Gasteiger partial charge is 0.151 e. The van der Waals surface area contributed by atoms with Crippen molar-refractivity contribution in [3.05, 3.63) is 35.9 Å². The summed E-state index contributed by atoms with van der Waals surface area (Å²) >= 11 is 0. The molecule has 1 saturated heterocycles. The first kappa shape index (κ1) is 21.4. The number of hydrogen-bond acceptors (Lipinski definition) is 6. The average molecular weight is 386 g/mol. The molecule has 1 aliphatic heterocycles. The summed E-state index contributed by atoms with van der Waals surface area (Å²) in [5.41, 5.74) is 9.44. The minimum absolute atomic E-state index is 0. The molecule has 1 aromatic carbocycles. The van der Waals surface area contributed by atoms with E-state index in [0.29, 0.717) is 0 Å². The number of nitrogen functional groups attached to an aromatic ring is 1. The lowest BCUT2D eigenvalue weighted by Crippen LogP contribution is -2.39. The van der Waals surface area contributed by atoms with Crippen molar-refractivity contribution in [3.63, 3.8) is 0 Å². The van der Waals surface area contributed by atoms with E-state index in [-0.39, 0.29) is 24.8 Å². The Kier molecular flexibility index (Phi) is 8.92. The maximum absolute atomic E-state index is 5.72. The van der Waals surface area contributed by atoms with Crippen molar-refractivity contribution in [1.29, 1.82) is 0 Å². The zero-order valence-corrected chi connectivity index (χ0v) is 15.9. The van der Waals surface area contributed by atoms with E-state index < -0.39 is 0 Å². The Morgan fingerprint density at radius 2 is 1.80 bits per heavy atom. The third-order valence-electron chi connectivity index (χ3n) is 4.02. The number of halogens is 2. The number of morpholine rings is 1. The van der Waals surface area contributed by atoms with Crippen LogP contribution in [-0.4, -0.2) is 54.5 Å². The third kappa shape index (κ3) is 6.01. The quantitative estimate of drug-likeness (QED) is 0.770. The molecule has 0 atom stereocenters. The lowest BCUT2D eigenvalue weighted by Gasteiger charge is -2.26. The number of anilines is 2. The number of nitrogens with zero attached hydrogens (tertiary/aromatic N) is 3. The van der Waals surface area contributed by atoms with Crippen molar-refractivity contribution in [2.45, 2.75) is 6.92 Å². The highest BCUT2D eigenvalue weighted by Gasteiger charge is 2.10. The lowest BCUT2D eigenvalue weighted by molar-refractivity contribution is 0.0398. The van der Waals surface area contributed by atoms with E-state index in [1.807, 2.05) is 31.2 Å². The zero-order valence-electron chi connectivity index (χ0n) is 14.3. The second-order valence-electron chi connectivity index (χ2n) is 5.76. The van der Waals surface area contributed by atoms with Gasteiger partial charge in [0.15, 0.2) is 5.82 Å². The molecule has 3 rings (SSSR count). The van der Waals surface area contributed by atoms with Crippen LogP contribution in [-0.2, 0) is 4.74 Å². The van der Waals surface area contributed by atoms with Gasteiger partial charge < -0.3 is 15.8 Å². The van der Waals surface area contributed by atoms with Gasteiger partial charge in [0.25, 0.3) is 0 Å². The van der Waals surface area contributed by atoms with Crippen LogP contribution in [0, 0.1) is 6.92 Å². The van der Waals surface area contributed by atoms with E-state index in [4.69, 9.17) is 10.5 Å². The zero-order chi connectivity index (χ0) is 16.1. The van der Waals surface area contributed by atoms with Crippen LogP contribution < -0.4 is 11.1 Å². The molecular formula is C17H25Cl2N5O. The largest absolute Gasteiger partial charge is 0.399 e. The summed E-state index contributed by atoms with van der Waals surface area (Å²) in [6, 6.07) is 9.73. The van der Waals surface area contributed by atoms with Gasteiger partial charge in [-0.15, -0.1) is 35.0 Å². The maximum atomic E-state index is 5.72. The Bertz CT molecular complexity index is 648. The molecule has 1 aliphatic rings. The standard InChI is InChI=1S/C17H23N5O.2ClH/c1-13-12-16(14-2-4-15(18)5-3-14)20-21-17(13)19-6-7-22-8-10-23-11-9-22;;/h2-5,12H,6-11,18H2,1H3,(H,19,21);2*1H. The number of aromatic nitrogens is 2. The fraction of sp³-hybridized carbons (Fsp3) is 0.412. The minimum atomic E-state index is 0. The van der Waals surface area contributed by atoms with Gasteiger partial charge in [-0.1, -0.05) is 12.1 Å². The fourth-order valence-electron chi connectivity index (χ4n) is 2.61. The summed E-state index contributed by atoms with van der Waals surface area (Å²) in [5.74, 6) is 0.845. The van der Waals surface area contributed by atoms with E-state index in [1.165, 1.54) is 0 Å². The number of ether oxygens (including phenoxy) is 1. The molecule has 25 heavy (non-hydrogen) atoms. The van der Waals surface area contributed by atoms with E-state index in [9.17, 15) is 0 Å². The van der Waals surface area contributed by atoms with Crippen molar-refractivity contribution in [2.75, 3.05) is 50.4 Å². The Labute approximate surface area is 161 Å². The Balaban J connectivity index is 0.00000156. The van der Waals surface area contributed by atoms with Crippen LogP contribution in [0.2, 0.25) is 0 Å². The third-order valence-corrected chi connectivity index (χ3v) is 4.02. The van der Waals surface area contributed by atoms with Gasteiger partial charge in [0.05, 0.1) is 18.9 Å². The second kappa shape index (κ2) is 10.4. The Morgan fingerprint density at radius 1 is 1.12 bits per heavy atom. The molecule has 0 saturated carbocycles. The summed E-state index contributed by atoms with van der Waals surface area (Å²) in [7, 11) is 0. The summed E-state index contributed by atoms with van der Waals surface area (Å²) < 4.78 is 5.35. The van der Waals surface area contributed by atoms with Crippen LogP contribution in [0.3, 0.4) is 0 Å². The molecule has 3 N–H and O–H groups in total. The van der Waals surface area contributed by atoms with Crippen LogP contribution in [0.5, 0.6) is 0 Å². The minimum Gasteiger partial charge on any atom is -0.399 e. The fourth-order valence-corrected chi connectivity index (χ4v) is 2.61.